The summed E-state index contributed by atoms with van der Waals surface area (Å²) in [6.07, 6.45) is 3.28. The fourth-order valence-electron chi connectivity index (χ4n) is 2.39. The third-order valence-corrected chi connectivity index (χ3v) is 3.47. The molecule has 100 valence electrons. The Morgan fingerprint density at radius 3 is 2.56 bits per heavy atom. The maximum absolute atomic E-state index is 9.28. The maximum atomic E-state index is 9.28. The van der Waals surface area contributed by atoms with Gasteiger partial charge in [0.25, 0.3) is 0 Å². The second kappa shape index (κ2) is 5.52. The third kappa shape index (κ3) is 2.72. The Kier molecular flexibility index (Phi) is 4.01. The van der Waals surface area contributed by atoms with Crippen molar-refractivity contribution in [3.05, 3.63) is 11.9 Å². The normalized spacial score (nSPS) is 22.7. The van der Waals surface area contributed by atoms with Crippen LogP contribution in [0.3, 0.4) is 0 Å². The molecule has 1 aromatic rings. The monoisotopic (exact) mass is 250 g/mol. The van der Waals surface area contributed by atoms with Gasteiger partial charge in [-0.1, -0.05) is 13.8 Å². The second-order valence-electron chi connectivity index (χ2n) is 5.26. The van der Waals surface area contributed by atoms with Crippen LogP contribution in [0.15, 0.2) is 6.33 Å². The Morgan fingerprint density at radius 1 is 1.33 bits per heavy atom. The Balaban J connectivity index is 2.06. The first kappa shape index (κ1) is 13.1. The zero-order valence-electron chi connectivity index (χ0n) is 11.3. The van der Waals surface area contributed by atoms with Crippen LogP contribution in [0, 0.1) is 5.92 Å². The number of aromatic nitrogens is 2. The SMILES string of the molecule is CNc1ncnc(NCC2CC(O)C2)c1C(C)C. The van der Waals surface area contributed by atoms with Crippen LogP contribution in [0.5, 0.6) is 0 Å². The Labute approximate surface area is 108 Å². The van der Waals surface area contributed by atoms with Crippen LogP contribution < -0.4 is 10.6 Å². The number of aliphatic hydroxyl groups is 1. The van der Waals surface area contributed by atoms with Crippen LogP contribution in [0.25, 0.3) is 0 Å². The highest BCUT2D eigenvalue weighted by molar-refractivity contribution is 5.58. The molecule has 1 aromatic heterocycles. The molecule has 3 N–H and O–H groups in total. The summed E-state index contributed by atoms with van der Waals surface area (Å²) < 4.78 is 0. The predicted octanol–water partition coefficient (Wildman–Crippen LogP) is 1.82. The highest BCUT2D eigenvalue weighted by Crippen LogP contribution is 2.30. The summed E-state index contributed by atoms with van der Waals surface area (Å²) in [5.41, 5.74) is 1.12. The van der Waals surface area contributed by atoms with Crippen LogP contribution in [-0.4, -0.2) is 34.8 Å². The number of rotatable bonds is 5. The standard InChI is InChI=1S/C13H22N4O/c1-8(2)11-12(14-3)16-7-17-13(11)15-6-9-4-10(18)5-9/h7-10,18H,4-6H2,1-3H3,(H2,14,15,16,17). The summed E-state index contributed by atoms with van der Waals surface area (Å²) in [6.45, 7) is 5.15. The largest absolute Gasteiger partial charge is 0.393 e. The molecule has 0 unspecified atom stereocenters. The molecule has 0 spiro atoms. The summed E-state index contributed by atoms with van der Waals surface area (Å²) in [5, 5.41) is 15.8. The van der Waals surface area contributed by atoms with E-state index in [-0.39, 0.29) is 6.10 Å². The minimum Gasteiger partial charge on any atom is -0.393 e. The number of aliphatic hydroxyl groups excluding tert-OH is 1. The van der Waals surface area contributed by atoms with Gasteiger partial charge in [0.1, 0.15) is 18.0 Å². The molecule has 1 fully saturated rings. The molecule has 2 rings (SSSR count). The molecule has 0 bridgehead atoms. The molecule has 0 amide bonds. The van der Waals surface area contributed by atoms with Gasteiger partial charge in [-0.25, -0.2) is 9.97 Å². The molecule has 5 heteroatoms. The van der Waals surface area contributed by atoms with Crippen molar-refractivity contribution in [3.63, 3.8) is 0 Å². The lowest BCUT2D eigenvalue weighted by Gasteiger charge is -2.31. The molecule has 1 aliphatic carbocycles. The summed E-state index contributed by atoms with van der Waals surface area (Å²) in [4.78, 5) is 8.58. The number of hydrogen-bond acceptors (Lipinski definition) is 5. The third-order valence-electron chi connectivity index (χ3n) is 3.47. The lowest BCUT2D eigenvalue weighted by Crippen LogP contribution is -2.33. The molecule has 0 saturated heterocycles. The first-order chi connectivity index (χ1) is 8.61. The van der Waals surface area contributed by atoms with Crippen molar-refractivity contribution in [2.24, 2.45) is 5.92 Å². The van der Waals surface area contributed by atoms with Gasteiger partial charge in [-0.15, -0.1) is 0 Å². The molecule has 1 aliphatic rings. The van der Waals surface area contributed by atoms with Crippen LogP contribution >= 0.6 is 0 Å². The van der Waals surface area contributed by atoms with E-state index >= 15 is 0 Å². The van der Waals surface area contributed by atoms with Gasteiger partial charge in [0.2, 0.25) is 0 Å². The predicted molar refractivity (Wildman–Crippen MR) is 72.9 cm³/mol. The highest BCUT2D eigenvalue weighted by atomic mass is 16.3. The van der Waals surface area contributed by atoms with Gasteiger partial charge in [0, 0.05) is 19.2 Å². The maximum Gasteiger partial charge on any atom is 0.134 e. The quantitative estimate of drug-likeness (QED) is 0.743. The van der Waals surface area contributed by atoms with Crippen molar-refractivity contribution in [1.29, 1.82) is 0 Å². The van der Waals surface area contributed by atoms with Gasteiger partial charge in [0.15, 0.2) is 0 Å². The molecular weight excluding hydrogens is 228 g/mol. The van der Waals surface area contributed by atoms with E-state index in [0.29, 0.717) is 11.8 Å². The Morgan fingerprint density at radius 2 is 2.00 bits per heavy atom. The molecule has 0 radical (unpaired) electrons. The van der Waals surface area contributed by atoms with Crippen molar-refractivity contribution in [2.45, 2.75) is 38.7 Å². The lowest BCUT2D eigenvalue weighted by atomic mass is 9.82. The fourth-order valence-corrected chi connectivity index (χ4v) is 2.39. The van der Waals surface area contributed by atoms with Crippen LogP contribution in [0.1, 0.15) is 38.2 Å². The van der Waals surface area contributed by atoms with E-state index in [1.807, 2.05) is 7.05 Å². The minimum atomic E-state index is -0.0976. The van der Waals surface area contributed by atoms with Gasteiger partial charge in [-0.05, 0) is 24.7 Å². The van der Waals surface area contributed by atoms with E-state index in [1.54, 1.807) is 6.33 Å². The van der Waals surface area contributed by atoms with Crippen molar-refractivity contribution in [3.8, 4) is 0 Å². The van der Waals surface area contributed by atoms with Crippen molar-refractivity contribution >= 4 is 11.6 Å². The smallest absolute Gasteiger partial charge is 0.134 e. The number of hydrogen-bond donors (Lipinski definition) is 3. The topological polar surface area (TPSA) is 70.1 Å². The molecule has 1 heterocycles. The van der Waals surface area contributed by atoms with Crippen molar-refractivity contribution < 1.29 is 5.11 Å². The number of nitrogens with one attached hydrogen (secondary N) is 2. The van der Waals surface area contributed by atoms with E-state index in [9.17, 15) is 5.11 Å². The fraction of sp³-hybridized carbons (Fsp3) is 0.692. The van der Waals surface area contributed by atoms with Crippen LogP contribution in [-0.2, 0) is 0 Å². The average Bonchev–Trinajstić information content (AvgIpc) is 2.32. The first-order valence-electron chi connectivity index (χ1n) is 6.56. The van der Waals surface area contributed by atoms with Crippen LogP contribution in [0.2, 0.25) is 0 Å². The van der Waals surface area contributed by atoms with Gasteiger partial charge in [0.05, 0.1) is 6.10 Å². The van der Waals surface area contributed by atoms with Crippen molar-refractivity contribution in [1.82, 2.24) is 9.97 Å². The number of nitrogens with zero attached hydrogens (tertiary/aromatic N) is 2. The molecule has 0 atom stereocenters. The Hall–Kier alpha value is -1.36. The van der Waals surface area contributed by atoms with Gasteiger partial charge < -0.3 is 15.7 Å². The number of anilines is 2. The molecular formula is C13H22N4O. The summed E-state index contributed by atoms with van der Waals surface area (Å²) in [7, 11) is 1.88. The summed E-state index contributed by atoms with van der Waals surface area (Å²) in [6, 6.07) is 0. The van der Waals surface area contributed by atoms with E-state index in [2.05, 4.69) is 34.4 Å². The van der Waals surface area contributed by atoms with E-state index < -0.39 is 0 Å². The van der Waals surface area contributed by atoms with E-state index in [4.69, 9.17) is 0 Å². The van der Waals surface area contributed by atoms with Gasteiger partial charge in [-0.3, -0.25) is 0 Å². The van der Waals surface area contributed by atoms with Crippen LogP contribution in [0.4, 0.5) is 11.6 Å². The molecule has 18 heavy (non-hydrogen) atoms. The van der Waals surface area contributed by atoms with E-state index in [0.717, 1.165) is 36.6 Å². The van der Waals surface area contributed by atoms with E-state index in [1.165, 1.54) is 0 Å². The molecule has 0 aliphatic heterocycles. The summed E-state index contributed by atoms with van der Waals surface area (Å²) in [5.74, 6) is 2.72. The van der Waals surface area contributed by atoms with Gasteiger partial charge >= 0.3 is 0 Å². The first-order valence-corrected chi connectivity index (χ1v) is 6.56. The highest BCUT2D eigenvalue weighted by Gasteiger charge is 2.27. The Bertz CT molecular complexity index is 402. The second-order valence-corrected chi connectivity index (χ2v) is 5.26. The lowest BCUT2D eigenvalue weighted by molar-refractivity contribution is 0.0486. The molecule has 1 saturated carbocycles. The molecule has 0 aromatic carbocycles. The summed E-state index contributed by atoms with van der Waals surface area (Å²) >= 11 is 0. The molecule has 5 nitrogen and oxygen atoms in total. The zero-order valence-corrected chi connectivity index (χ0v) is 11.3. The minimum absolute atomic E-state index is 0.0976. The van der Waals surface area contributed by atoms with Gasteiger partial charge in [-0.2, -0.15) is 0 Å². The van der Waals surface area contributed by atoms with Crippen molar-refractivity contribution in [2.75, 3.05) is 24.2 Å². The average molecular weight is 250 g/mol. The zero-order chi connectivity index (χ0) is 13.1.